The number of aryl methyl sites for hydroxylation is 1. The predicted octanol–water partition coefficient (Wildman–Crippen LogP) is 6.44. The lowest BCUT2D eigenvalue weighted by Crippen LogP contribution is -2.34. The monoisotopic (exact) mass is 594 g/mol. The van der Waals surface area contributed by atoms with Gasteiger partial charge in [-0.3, -0.25) is 4.79 Å². The molecule has 8 nitrogen and oxygen atoms in total. The summed E-state index contributed by atoms with van der Waals surface area (Å²) < 4.78 is 61.5. The van der Waals surface area contributed by atoms with Gasteiger partial charge in [-0.25, -0.2) is 19.3 Å². The number of anilines is 2. The number of pyridine rings is 1. The summed E-state index contributed by atoms with van der Waals surface area (Å²) in [7, 11) is 3.75. The van der Waals surface area contributed by atoms with E-state index < -0.39 is 23.5 Å². The Kier molecular flexibility index (Phi) is 8.58. The van der Waals surface area contributed by atoms with Crippen LogP contribution in [0.3, 0.4) is 0 Å². The normalized spacial score (nSPS) is 15.4. The SMILES string of the molecule is CCc1nccc(-c2cccnc2Oc2cc(F)cc(C(=O)Nc3cc(C(F)(F)F)ccc3N(C)[C@H]3CCN(C)C3)c2)n1. The average Bonchev–Trinajstić information content (AvgIpc) is 3.42. The Morgan fingerprint density at radius 2 is 1.93 bits per heavy atom. The van der Waals surface area contributed by atoms with Crippen LogP contribution in [0.25, 0.3) is 11.3 Å². The summed E-state index contributed by atoms with van der Waals surface area (Å²) >= 11 is 0. The second-order valence-corrected chi connectivity index (χ2v) is 10.3. The molecule has 0 radical (unpaired) electrons. The van der Waals surface area contributed by atoms with E-state index in [0.29, 0.717) is 29.2 Å². The van der Waals surface area contributed by atoms with E-state index in [-0.39, 0.29) is 28.9 Å². The van der Waals surface area contributed by atoms with Crippen molar-refractivity contribution in [3.05, 3.63) is 89.8 Å². The molecule has 0 unspecified atom stereocenters. The van der Waals surface area contributed by atoms with Crippen molar-refractivity contribution in [3.8, 4) is 22.9 Å². The van der Waals surface area contributed by atoms with Crippen LogP contribution in [0.5, 0.6) is 11.6 Å². The molecule has 0 spiro atoms. The number of rotatable bonds is 8. The molecule has 1 amide bonds. The van der Waals surface area contributed by atoms with Gasteiger partial charge in [0.05, 0.1) is 28.2 Å². The highest BCUT2D eigenvalue weighted by molar-refractivity contribution is 6.06. The number of benzene rings is 2. The maximum Gasteiger partial charge on any atom is 0.416 e. The molecule has 1 atom stereocenters. The van der Waals surface area contributed by atoms with Crippen LogP contribution < -0.4 is 15.0 Å². The molecule has 1 saturated heterocycles. The number of likely N-dealkylation sites (N-methyl/N-ethyl adjacent to an activating group) is 2. The van der Waals surface area contributed by atoms with E-state index in [0.717, 1.165) is 43.8 Å². The van der Waals surface area contributed by atoms with Gasteiger partial charge in [0, 0.05) is 50.1 Å². The number of halogens is 4. The van der Waals surface area contributed by atoms with Crippen molar-refractivity contribution in [2.45, 2.75) is 32.0 Å². The predicted molar refractivity (Wildman–Crippen MR) is 155 cm³/mol. The molecule has 2 aromatic heterocycles. The van der Waals surface area contributed by atoms with Crippen LogP contribution in [0, 0.1) is 5.82 Å². The van der Waals surface area contributed by atoms with Gasteiger partial charge < -0.3 is 19.9 Å². The quantitative estimate of drug-likeness (QED) is 0.235. The summed E-state index contributed by atoms with van der Waals surface area (Å²) in [6.45, 7) is 3.49. The Morgan fingerprint density at radius 3 is 2.65 bits per heavy atom. The first-order valence-corrected chi connectivity index (χ1v) is 13.7. The number of hydrogen-bond acceptors (Lipinski definition) is 7. The smallest absolute Gasteiger partial charge is 0.416 e. The first-order valence-electron chi connectivity index (χ1n) is 13.7. The molecule has 4 aromatic rings. The van der Waals surface area contributed by atoms with Crippen molar-refractivity contribution in [3.63, 3.8) is 0 Å². The van der Waals surface area contributed by atoms with Crippen LogP contribution in [0.4, 0.5) is 28.9 Å². The topological polar surface area (TPSA) is 83.5 Å². The van der Waals surface area contributed by atoms with Crippen molar-refractivity contribution < 1.29 is 27.1 Å². The number of nitrogens with one attached hydrogen (secondary N) is 1. The second kappa shape index (κ2) is 12.3. The number of ether oxygens (including phenoxy) is 1. The Morgan fingerprint density at radius 1 is 1.12 bits per heavy atom. The molecule has 1 aliphatic heterocycles. The number of hydrogen-bond donors (Lipinski definition) is 1. The highest BCUT2D eigenvalue weighted by Gasteiger charge is 2.33. The fraction of sp³-hybridized carbons (Fsp3) is 0.290. The van der Waals surface area contributed by atoms with Crippen molar-refractivity contribution in [2.24, 2.45) is 0 Å². The number of carbonyl (C=O) groups excluding carboxylic acids is 1. The third kappa shape index (κ3) is 6.91. The number of alkyl halides is 3. The van der Waals surface area contributed by atoms with E-state index in [1.54, 1.807) is 31.4 Å². The highest BCUT2D eigenvalue weighted by Crippen LogP contribution is 2.37. The van der Waals surface area contributed by atoms with Crippen LogP contribution in [0.1, 0.15) is 35.1 Å². The third-order valence-electron chi connectivity index (χ3n) is 7.28. The molecule has 1 N–H and O–H groups in total. The largest absolute Gasteiger partial charge is 0.438 e. The van der Waals surface area contributed by atoms with Crippen molar-refractivity contribution in [1.82, 2.24) is 19.9 Å². The number of carbonyl (C=O) groups is 1. The fourth-order valence-corrected chi connectivity index (χ4v) is 4.99. The van der Waals surface area contributed by atoms with E-state index in [1.165, 1.54) is 18.3 Å². The van der Waals surface area contributed by atoms with Gasteiger partial charge in [0.15, 0.2) is 0 Å². The summed E-state index contributed by atoms with van der Waals surface area (Å²) in [5, 5.41) is 2.57. The van der Waals surface area contributed by atoms with Gasteiger partial charge in [-0.1, -0.05) is 6.92 Å². The number of amides is 1. The average molecular weight is 595 g/mol. The van der Waals surface area contributed by atoms with E-state index >= 15 is 0 Å². The standard InChI is InChI=1S/C31H30F4N6O2/c1-4-28-36-12-9-25(38-28)24-6-5-11-37-30(24)43-23-15-19(14-21(32)17-23)29(42)39-26-16-20(31(33,34)35)7-8-27(26)41(3)22-10-13-40(2)18-22/h5-9,11-12,14-17,22H,4,10,13,18H2,1-3H3,(H,39,42)/t22-/m0/s1. The van der Waals surface area contributed by atoms with Gasteiger partial charge in [-0.05, 0) is 68.5 Å². The zero-order valence-corrected chi connectivity index (χ0v) is 23.8. The molecule has 1 aliphatic rings. The summed E-state index contributed by atoms with van der Waals surface area (Å²) in [6, 6.07) is 11.8. The summed E-state index contributed by atoms with van der Waals surface area (Å²) in [5.41, 5.74) is 0.415. The van der Waals surface area contributed by atoms with Gasteiger partial charge in [0.1, 0.15) is 17.4 Å². The minimum absolute atomic E-state index is 0.0229. The molecule has 224 valence electrons. The lowest BCUT2D eigenvalue weighted by molar-refractivity contribution is -0.137. The van der Waals surface area contributed by atoms with Crippen LogP contribution in [-0.4, -0.2) is 59.0 Å². The Balaban J connectivity index is 1.44. The molecular weight excluding hydrogens is 564 g/mol. The van der Waals surface area contributed by atoms with Crippen molar-refractivity contribution in [2.75, 3.05) is 37.4 Å². The lowest BCUT2D eigenvalue weighted by atomic mass is 10.1. The number of aromatic nitrogens is 3. The van der Waals surface area contributed by atoms with Gasteiger partial charge in [-0.15, -0.1) is 0 Å². The van der Waals surface area contributed by atoms with E-state index in [1.807, 2.05) is 18.9 Å². The molecule has 12 heteroatoms. The fourth-order valence-electron chi connectivity index (χ4n) is 4.99. The summed E-state index contributed by atoms with van der Waals surface area (Å²) in [6.07, 6.45) is -0.0650. The molecule has 5 rings (SSSR count). The minimum atomic E-state index is -4.62. The van der Waals surface area contributed by atoms with Crippen LogP contribution >= 0.6 is 0 Å². The molecule has 2 aromatic carbocycles. The zero-order valence-electron chi connectivity index (χ0n) is 23.8. The highest BCUT2D eigenvalue weighted by atomic mass is 19.4. The third-order valence-corrected chi connectivity index (χ3v) is 7.28. The first-order chi connectivity index (χ1) is 20.5. The molecule has 0 aliphatic carbocycles. The van der Waals surface area contributed by atoms with Crippen LogP contribution in [0.2, 0.25) is 0 Å². The molecule has 1 fully saturated rings. The molecule has 3 heterocycles. The van der Waals surface area contributed by atoms with E-state index in [9.17, 15) is 22.4 Å². The zero-order chi connectivity index (χ0) is 30.7. The second-order valence-electron chi connectivity index (χ2n) is 10.3. The van der Waals surface area contributed by atoms with Crippen molar-refractivity contribution >= 4 is 17.3 Å². The number of likely N-dealkylation sites (tertiary alicyclic amines) is 1. The molecule has 0 bridgehead atoms. The maximum absolute atomic E-state index is 14.8. The first kappa shape index (κ1) is 29.9. The van der Waals surface area contributed by atoms with Crippen LogP contribution in [-0.2, 0) is 12.6 Å². The molecular formula is C31H30F4N6O2. The Labute approximate surface area is 246 Å². The Hall–Kier alpha value is -4.58. The maximum atomic E-state index is 14.8. The summed E-state index contributed by atoms with van der Waals surface area (Å²) in [4.78, 5) is 30.3. The van der Waals surface area contributed by atoms with Gasteiger partial charge >= 0.3 is 6.18 Å². The molecule has 43 heavy (non-hydrogen) atoms. The lowest BCUT2D eigenvalue weighted by Gasteiger charge is -2.29. The van der Waals surface area contributed by atoms with Crippen LogP contribution in [0.15, 0.2) is 67.0 Å². The van der Waals surface area contributed by atoms with Crippen molar-refractivity contribution in [1.29, 1.82) is 0 Å². The van der Waals surface area contributed by atoms with Gasteiger partial charge in [0.25, 0.3) is 5.91 Å². The molecule has 0 saturated carbocycles. The van der Waals surface area contributed by atoms with E-state index in [2.05, 4.69) is 25.2 Å². The number of nitrogens with zero attached hydrogens (tertiary/aromatic N) is 5. The summed E-state index contributed by atoms with van der Waals surface area (Å²) in [5.74, 6) is -0.845. The Bertz CT molecular complexity index is 1630. The minimum Gasteiger partial charge on any atom is -0.438 e. The van der Waals surface area contributed by atoms with Gasteiger partial charge in [-0.2, -0.15) is 13.2 Å². The van der Waals surface area contributed by atoms with Gasteiger partial charge in [0.2, 0.25) is 5.88 Å². The van der Waals surface area contributed by atoms with E-state index in [4.69, 9.17) is 4.74 Å².